The van der Waals surface area contributed by atoms with Crippen molar-refractivity contribution in [3.8, 4) is 0 Å². The van der Waals surface area contributed by atoms with E-state index in [1.54, 1.807) is 18.4 Å². The van der Waals surface area contributed by atoms with Crippen LogP contribution in [-0.2, 0) is 21.2 Å². The zero-order valence-electron chi connectivity index (χ0n) is 13.3. The fourth-order valence-corrected chi connectivity index (χ4v) is 4.37. The first-order valence-corrected chi connectivity index (χ1v) is 10.6. The fourth-order valence-electron chi connectivity index (χ4n) is 2.55. The third-order valence-electron chi connectivity index (χ3n) is 3.83. The second-order valence-corrected chi connectivity index (χ2v) is 8.72. The Bertz CT molecular complexity index is 832. The van der Waals surface area contributed by atoms with Crippen LogP contribution in [0.5, 0.6) is 0 Å². The van der Waals surface area contributed by atoms with Gasteiger partial charge in [0.05, 0.1) is 17.2 Å². The number of hydrazone groups is 1. The van der Waals surface area contributed by atoms with Crippen LogP contribution in [0, 0.1) is 0 Å². The Morgan fingerprint density at radius 3 is 2.38 bits per heavy atom. The molecule has 1 aliphatic rings. The molecule has 0 fully saturated rings. The van der Waals surface area contributed by atoms with Gasteiger partial charge in [0.25, 0.3) is 10.0 Å². The van der Waals surface area contributed by atoms with Crippen LogP contribution in [0.15, 0.2) is 69.5 Å². The normalized spacial score (nSPS) is 16.6. The van der Waals surface area contributed by atoms with Gasteiger partial charge in [0.2, 0.25) is 0 Å². The van der Waals surface area contributed by atoms with Crippen LogP contribution in [0.4, 0.5) is 0 Å². The Morgan fingerprint density at radius 1 is 1.08 bits per heavy atom. The van der Waals surface area contributed by atoms with Gasteiger partial charge in [-0.1, -0.05) is 30.3 Å². The molecule has 1 unspecified atom stereocenters. The molecule has 0 saturated carbocycles. The van der Waals surface area contributed by atoms with E-state index in [1.165, 1.54) is 12.1 Å². The summed E-state index contributed by atoms with van der Waals surface area (Å²) in [6.07, 6.45) is 3.04. The molecule has 7 heteroatoms. The van der Waals surface area contributed by atoms with Crippen molar-refractivity contribution < 1.29 is 13.0 Å². The number of hydrogen-bond acceptors (Lipinski definition) is 4. The van der Waals surface area contributed by atoms with Gasteiger partial charge in [0.15, 0.2) is 4.90 Å². The highest BCUT2D eigenvalue weighted by Gasteiger charge is 2.26. The molecule has 0 aliphatic carbocycles. The average Bonchev–Trinajstić information content (AvgIpc) is 2.62. The second-order valence-electron chi connectivity index (χ2n) is 5.49. The van der Waals surface area contributed by atoms with Gasteiger partial charge >= 0.3 is 0 Å². The molecule has 0 saturated heterocycles. The minimum Gasteiger partial charge on any atom is -0.612 e. The molecule has 5 nitrogen and oxygen atoms in total. The van der Waals surface area contributed by atoms with Crippen LogP contribution in [0.25, 0.3) is 0 Å². The van der Waals surface area contributed by atoms with Crippen molar-refractivity contribution in [2.24, 2.45) is 5.10 Å². The van der Waals surface area contributed by atoms with Crippen molar-refractivity contribution in [1.82, 2.24) is 4.41 Å². The molecule has 1 aliphatic heterocycles. The van der Waals surface area contributed by atoms with Crippen LogP contribution in [0.2, 0.25) is 0 Å². The zero-order valence-corrected chi connectivity index (χ0v) is 14.9. The maximum Gasteiger partial charge on any atom is 0.279 e. The van der Waals surface area contributed by atoms with E-state index in [0.717, 1.165) is 28.5 Å². The first kappa shape index (κ1) is 17.0. The summed E-state index contributed by atoms with van der Waals surface area (Å²) in [6.45, 7) is 0.361. The van der Waals surface area contributed by atoms with Crippen molar-refractivity contribution in [1.29, 1.82) is 0 Å². The largest absolute Gasteiger partial charge is 0.612 e. The molecule has 3 rings (SSSR count). The van der Waals surface area contributed by atoms with Gasteiger partial charge in [0, 0.05) is 0 Å². The summed E-state index contributed by atoms with van der Waals surface area (Å²) in [5.74, 6) is 0. The van der Waals surface area contributed by atoms with E-state index in [2.05, 4.69) is 5.10 Å². The molecular formula is C17H18N2O3S2. The topological polar surface area (TPSA) is 72.8 Å². The van der Waals surface area contributed by atoms with E-state index in [0.29, 0.717) is 11.4 Å². The molecule has 0 amide bonds. The average molecular weight is 362 g/mol. The summed E-state index contributed by atoms with van der Waals surface area (Å²) in [7, 11) is -3.70. The summed E-state index contributed by atoms with van der Waals surface area (Å²) in [4.78, 5) is 0.760. The minimum absolute atomic E-state index is 0.162. The minimum atomic E-state index is -3.70. The fraction of sp³-hybridized carbons (Fsp3) is 0.235. The van der Waals surface area contributed by atoms with Gasteiger partial charge in [-0.05, 0) is 53.8 Å². The van der Waals surface area contributed by atoms with Crippen molar-refractivity contribution >= 4 is 26.9 Å². The Kier molecular flexibility index (Phi) is 4.93. The molecule has 1 atom stereocenters. The Labute approximate surface area is 145 Å². The molecule has 0 radical (unpaired) electrons. The van der Waals surface area contributed by atoms with Crippen molar-refractivity contribution in [2.45, 2.75) is 22.6 Å². The monoisotopic (exact) mass is 362 g/mol. The van der Waals surface area contributed by atoms with Crippen LogP contribution < -0.4 is 0 Å². The molecule has 0 spiro atoms. The molecule has 1 heterocycles. The van der Waals surface area contributed by atoms with Gasteiger partial charge in [-0.15, -0.1) is 0 Å². The smallest absolute Gasteiger partial charge is 0.279 e. The zero-order chi connectivity index (χ0) is 17.2. The van der Waals surface area contributed by atoms with Gasteiger partial charge in [-0.3, -0.25) is 0 Å². The van der Waals surface area contributed by atoms with E-state index < -0.39 is 21.2 Å². The summed E-state index contributed by atoms with van der Waals surface area (Å²) < 4.78 is 38.2. The van der Waals surface area contributed by atoms with Crippen LogP contribution in [0.1, 0.15) is 18.4 Å². The van der Waals surface area contributed by atoms with Gasteiger partial charge in [-0.25, -0.2) is 0 Å². The molecule has 126 valence electrons. The highest BCUT2D eigenvalue weighted by Crippen LogP contribution is 2.23. The van der Waals surface area contributed by atoms with Crippen LogP contribution in [-0.4, -0.2) is 35.9 Å². The maximum absolute atomic E-state index is 12.8. The predicted molar refractivity (Wildman–Crippen MR) is 94.9 cm³/mol. The Morgan fingerprint density at radius 2 is 1.75 bits per heavy atom. The van der Waals surface area contributed by atoms with Crippen molar-refractivity contribution in [2.75, 3.05) is 12.8 Å². The number of sulfonamides is 1. The summed E-state index contributed by atoms with van der Waals surface area (Å²) >= 11 is -1.14. The van der Waals surface area contributed by atoms with Crippen LogP contribution in [0.3, 0.4) is 0 Å². The molecule has 2 aromatic carbocycles. The van der Waals surface area contributed by atoms with Gasteiger partial charge in [-0.2, -0.15) is 17.9 Å². The number of nitrogens with zero attached hydrogens (tertiary/aromatic N) is 2. The van der Waals surface area contributed by atoms with Crippen molar-refractivity contribution in [3.05, 3.63) is 60.2 Å². The lowest BCUT2D eigenvalue weighted by molar-refractivity contribution is 0.410. The number of rotatable bonds is 4. The molecule has 24 heavy (non-hydrogen) atoms. The molecule has 2 aromatic rings. The van der Waals surface area contributed by atoms with E-state index in [4.69, 9.17) is 0 Å². The molecule has 0 aromatic heterocycles. The summed E-state index contributed by atoms with van der Waals surface area (Å²) in [5, 5.41) is 4.36. The number of hydrogen-bond donors (Lipinski definition) is 0. The lowest BCUT2D eigenvalue weighted by Crippen LogP contribution is -2.32. The predicted octanol–water partition coefficient (Wildman–Crippen LogP) is 2.61. The highest BCUT2D eigenvalue weighted by molar-refractivity contribution is 7.90. The first-order chi connectivity index (χ1) is 11.5. The van der Waals surface area contributed by atoms with E-state index in [9.17, 15) is 13.0 Å². The molecule has 0 bridgehead atoms. The summed E-state index contributed by atoms with van der Waals surface area (Å²) in [5.41, 5.74) is 1.71. The lowest BCUT2D eigenvalue weighted by Gasteiger charge is -2.25. The third-order valence-corrected chi connectivity index (χ3v) is 6.46. The SMILES string of the molecule is C[S+]([O-])c1ccc(S(=O)(=O)N2CCCC(c3ccccc3)=N2)cc1. The van der Waals surface area contributed by atoms with Gasteiger partial charge in [0.1, 0.15) is 6.26 Å². The maximum atomic E-state index is 12.8. The molecule has 0 N–H and O–H groups in total. The third kappa shape index (κ3) is 3.48. The van der Waals surface area contributed by atoms with E-state index >= 15 is 0 Å². The van der Waals surface area contributed by atoms with Crippen molar-refractivity contribution in [3.63, 3.8) is 0 Å². The van der Waals surface area contributed by atoms with Gasteiger partial charge < -0.3 is 4.55 Å². The van der Waals surface area contributed by atoms with E-state index in [-0.39, 0.29) is 4.90 Å². The lowest BCUT2D eigenvalue weighted by atomic mass is 10.1. The molecular weight excluding hydrogens is 344 g/mol. The quantitative estimate of drug-likeness (QED) is 0.785. The Balaban J connectivity index is 1.91. The summed E-state index contributed by atoms with van der Waals surface area (Å²) in [6, 6.07) is 15.7. The number of benzene rings is 2. The van der Waals surface area contributed by atoms with Crippen LogP contribution >= 0.6 is 0 Å². The second kappa shape index (κ2) is 6.96. The van der Waals surface area contributed by atoms with E-state index in [1.807, 2.05) is 30.3 Å². The standard InChI is InChI=1S/C17H18N2O3S2/c1-23(20)15-9-11-16(12-10-15)24(21,22)19-13-5-8-17(18-19)14-6-3-2-4-7-14/h2-4,6-7,9-12H,5,8,13H2,1H3. The first-order valence-electron chi connectivity index (χ1n) is 7.57. The Hall–Kier alpha value is -1.83. The highest BCUT2D eigenvalue weighted by atomic mass is 32.2.